The lowest BCUT2D eigenvalue weighted by Gasteiger charge is -2.33. The highest BCUT2D eigenvalue weighted by Crippen LogP contribution is 2.11. The molecule has 3 aromatic rings. The summed E-state index contributed by atoms with van der Waals surface area (Å²) in [5.41, 5.74) is 0.841. The summed E-state index contributed by atoms with van der Waals surface area (Å²) in [6.45, 7) is 0.964. The van der Waals surface area contributed by atoms with E-state index in [0.29, 0.717) is 5.69 Å². The number of aryl methyl sites for hydroxylation is 1. The lowest BCUT2D eigenvalue weighted by atomic mass is 10.2. The summed E-state index contributed by atoms with van der Waals surface area (Å²) in [6, 6.07) is 5.40. The van der Waals surface area contributed by atoms with Crippen LogP contribution in [-0.4, -0.2) is 83.7 Å². The topological polar surface area (TPSA) is 136 Å². The Morgan fingerprint density at radius 3 is 2.74 bits per heavy atom. The van der Waals surface area contributed by atoms with Crippen molar-refractivity contribution >= 4 is 17.6 Å². The number of carbonyl (C=O) groups excluding carboxylic acids is 2. The standard InChI is InChI=1S/C20H24F2N10O2/c21-14(10-32-12-18(27-29-32)25-19(33)13-30-8-15(22)9-30)4-6-31-11-17(26-28-31)20(34)24-7-16-3-1-2-5-23-16/h1-3,5,11-12,14-15H,4,6-10,13H2,(H,24,34)(H,25,33). The fourth-order valence-corrected chi connectivity index (χ4v) is 3.31. The van der Waals surface area contributed by atoms with Crippen molar-refractivity contribution in [2.24, 2.45) is 0 Å². The fraction of sp³-hybridized carbons (Fsp3) is 0.450. The molecule has 1 saturated heterocycles. The van der Waals surface area contributed by atoms with Crippen LogP contribution in [0.5, 0.6) is 0 Å². The van der Waals surface area contributed by atoms with Gasteiger partial charge in [0.1, 0.15) is 12.3 Å². The van der Waals surface area contributed by atoms with Gasteiger partial charge in [0.2, 0.25) is 5.91 Å². The van der Waals surface area contributed by atoms with Gasteiger partial charge in [-0.3, -0.25) is 24.2 Å². The number of hydrogen-bond donors (Lipinski definition) is 2. The maximum Gasteiger partial charge on any atom is 0.273 e. The van der Waals surface area contributed by atoms with Gasteiger partial charge in [0.05, 0.1) is 37.7 Å². The molecule has 12 nitrogen and oxygen atoms in total. The van der Waals surface area contributed by atoms with Crippen molar-refractivity contribution in [3.63, 3.8) is 0 Å². The Labute approximate surface area is 193 Å². The number of anilines is 1. The Hall–Kier alpha value is -3.81. The molecule has 4 rings (SSSR count). The van der Waals surface area contributed by atoms with Crippen molar-refractivity contribution in [1.29, 1.82) is 0 Å². The maximum atomic E-state index is 14.4. The van der Waals surface area contributed by atoms with Gasteiger partial charge in [0.15, 0.2) is 11.5 Å². The minimum atomic E-state index is -1.27. The Bertz CT molecular complexity index is 1100. The molecule has 14 heteroatoms. The molecule has 1 atom stereocenters. The number of aromatic nitrogens is 7. The lowest BCUT2D eigenvalue weighted by Crippen LogP contribution is -2.51. The van der Waals surface area contributed by atoms with Crippen molar-refractivity contribution < 1.29 is 18.4 Å². The highest BCUT2D eigenvalue weighted by Gasteiger charge is 2.27. The Balaban J connectivity index is 1.17. The predicted molar refractivity (Wildman–Crippen MR) is 115 cm³/mol. The van der Waals surface area contributed by atoms with E-state index in [9.17, 15) is 18.4 Å². The van der Waals surface area contributed by atoms with Gasteiger partial charge in [-0.1, -0.05) is 16.5 Å². The van der Waals surface area contributed by atoms with E-state index in [-0.39, 0.29) is 63.1 Å². The molecule has 0 aliphatic carbocycles. The normalized spacial score (nSPS) is 15.0. The van der Waals surface area contributed by atoms with Crippen LogP contribution in [-0.2, 0) is 24.4 Å². The molecule has 4 heterocycles. The van der Waals surface area contributed by atoms with Crippen LogP contribution in [0.15, 0.2) is 36.8 Å². The number of halogens is 2. The maximum absolute atomic E-state index is 14.4. The number of carbonyl (C=O) groups is 2. The first kappa shape index (κ1) is 23.4. The van der Waals surface area contributed by atoms with Gasteiger partial charge in [-0.05, 0) is 12.1 Å². The van der Waals surface area contributed by atoms with Gasteiger partial charge in [0, 0.05) is 32.3 Å². The minimum Gasteiger partial charge on any atom is -0.345 e. The Morgan fingerprint density at radius 1 is 1.15 bits per heavy atom. The van der Waals surface area contributed by atoms with Crippen molar-refractivity contribution in [2.75, 3.05) is 25.0 Å². The number of amides is 2. The SMILES string of the molecule is O=C(CN1CC(F)C1)Nc1cn(CC(F)CCn2cc(C(=O)NCc3ccccn3)nn2)nn1. The molecule has 0 saturated carbocycles. The first-order valence-corrected chi connectivity index (χ1v) is 10.7. The highest BCUT2D eigenvalue weighted by atomic mass is 19.1. The van der Waals surface area contributed by atoms with Gasteiger partial charge < -0.3 is 10.6 Å². The summed E-state index contributed by atoms with van der Waals surface area (Å²) >= 11 is 0. The average molecular weight is 474 g/mol. The van der Waals surface area contributed by atoms with Crippen LogP contribution >= 0.6 is 0 Å². The molecule has 1 aliphatic rings. The third kappa shape index (κ3) is 6.60. The Kier molecular flexibility index (Phi) is 7.47. The zero-order chi connectivity index (χ0) is 23.9. The summed E-state index contributed by atoms with van der Waals surface area (Å²) in [7, 11) is 0. The van der Waals surface area contributed by atoms with E-state index in [2.05, 4.69) is 36.2 Å². The molecule has 1 unspecified atom stereocenters. The van der Waals surface area contributed by atoms with E-state index in [1.165, 1.54) is 21.8 Å². The number of rotatable bonds is 11. The van der Waals surface area contributed by atoms with Crippen LogP contribution in [0.3, 0.4) is 0 Å². The van der Waals surface area contributed by atoms with E-state index in [1.807, 2.05) is 6.07 Å². The molecule has 180 valence electrons. The predicted octanol–water partition coefficient (Wildman–Crippen LogP) is 0.215. The summed E-state index contributed by atoms with van der Waals surface area (Å²) in [6.07, 6.45) is 2.48. The molecule has 3 aromatic heterocycles. The molecule has 0 radical (unpaired) electrons. The molecule has 0 bridgehead atoms. The highest BCUT2D eigenvalue weighted by molar-refractivity contribution is 5.92. The summed E-state index contributed by atoms with van der Waals surface area (Å²) in [5, 5.41) is 20.6. The average Bonchev–Trinajstić information content (AvgIpc) is 3.45. The second-order valence-electron chi connectivity index (χ2n) is 7.92. The number of pyridine rings is 1. The number of nitrogens with zero attached hydrogens (tertiary/aromatic N) is 8. The molecule has 2 N–H and O–H groups in total. The molecule has 0 spiro atoms. The largest absolute Gasteiger partial charge is 0.345 e. The summed E-state index contributed by atoms with van der Waals surface area (Å²) in [5.74, 6) is -0.529. The third-order valence-electron chi connectivity index (χ3n) is 5.07. The quantitative estimate of drug-likeness (QED) is 0.403. The summed E-state index contributed by atoms with van der Waals surface area (Å²) in [4.78, 5) is 29.9. The second kappa shape index (κ2) is 10.9. The van der Waals surface area contributed by atoms with Gasteiger partial charge in [-0.2, -0.15) is 0 Å². The lowest BCUT2D eigenvalue weighted by molar-refractivity contribution is -0.119. The van der Waals surface area contributed by atoms with E-state index in [0.717, 1.165) is 0 Å². The summed E-state index contributed by atoms with van der Waals surface area (Å²) < 4.78 is 29.9. The smallest absolute Gasteiger partial charge is 0.273 e. The number of hydrogen-bond acceptors (Lipinski definition) is 8. The first-order chi connectivity index (χ1) is 16.4. The minimum absolute atomic E-state index is 0.0648. The van der Waals surface area contributed by atoms with E-state index < -0.39 is 18.3 Å². The molecule has 0 aromatic carbocycles. The van der Waals surface area contributed by atoms with Crippen LogP contribution < -0.4 is 10.6 Å². The van der Waals surface area contributed by atoms with Crippen LogP contribution in [0.2, 0.25) is 0 Å². The van der Waals surface area contributed by atoms with Crippen molar-refractivity contribution in [3.8, 4) is 0 Å². The number of alkyl halides is 2. The van der Waals surface area contributed by atoms with Gasteiger partial charge >= 0.3 is 0 Å². The fourth-order valence-electron chi connectivity index (χ4n) is 3.31. The zero-order valence-corrected chi connectivity index (χ0v) is 18.2. The van der Waals surface area contributed by atoms with Crippen LogP contribution in [0.25, 0.3) is 0 Å². The van der Waals surface area contributed by atoms with Crippen LogP contribution in [0.4, 0.5) is 14.6 Å². The molecular weight excluding hydrogens is 450 g/mol. The van der Waals surface area contributed by atoms with Crippen LogP contribution in [0.1, 0.15) is 22.6 Å². The molecule has 1 aliphatic heterocycles. The van der Waals surface area contributed by atoms with Crippen molar-refractivity contribution in [2.45, 2.75) is 38.4 Å². The molecule has 34 heavy (non-hydrogen) atoms. The molecular formula is C20H24F2N10O2. The van der Waals surface area contributed by atoms with E-state index in [1.54, 1.807) is 23.2 Å². The number of nitrogens with one attached hydrogen (secondary N) is 2. The van der Waals surface area contributed by atoms with Gasteiger partial charge in [-0.25, -0.2) is 13.5 Å². The molecule has 2 amide bonds. The second-order valence-corrected chi connectivity index (χ2v) is 7.92. The number of likely N-dealkylation sites (tertiary alicyclic amines) is 1. The monoisotopic (exact) mass is 474 g/mol. The zero-order valence-electron chi connectivity index (χ0n) is 18.2. The van der Waals surface area contributed by atoms with E-state index in [4.69, 9.17) is 0 Å². The Morgan fingerprint density at radius 2 is 1.97 bits per heavy atom. The molecule has 1 fully saturated rings. The van der Waals surface area contributed by atoms with Crippen LogP contribution in [0, 0.1) is 0 Å². The first-order valence-electron chi connectivity index (χ1n) is 10.7. The van der Waals surface area contributed by atoms with Crippen molar-refractivity contribution in [3.05, 3.63) is 48.2 Å². The van der Waals surface area contributed by atoms with Gasteiger partial charge in [-0.15, -0.1) is 10.2 Å². The third-order valence-corrected chi connectivity index (χ3v) is 5.07. The van der Waals surface area contributed by atoms with Gasteiger partial charge in [0.25, 0.3) is 5.91 Å². The van der Waals surface area contributed by atoms with E-state index >= 15 is 0 Å². The van der Waals surface area contributed by atoms with Crippen molar-refractivity contribution in [1.82, 2.24) is 45.2 Å².